The molecule has 0 saturated heterocycles. The largest absolute Gasteiger partial charge is 0.480 e. The maximum Gasteiger partial charge on any atom is 0.326 e. The summed E-state index contributed by atoms with van der Waals surface area (Å²) in [7, 11) is 0. The van der Waals surface area contributed by atoms with Crippen molar-refractivity contribution >= 4 is 107 Å². The fraction of sp³-hybridized carbons (Fsp3) is 0.736. The summed E-state index contributed by atoms with van der Waals surface area (Å²) in [6, 6.07) is -14.0. The van der Waals surface area contributed by atoms with Gasteiger partial charge in [-0.15, -0.1) is 0 Å². The number of rotatable bonds is 43. The van der Waals surface area contributed by atoms with Crippen LogP contribution in [0, 0.1) is 17.8 Å². The summed E-state index contributed by atoms with van der Waals surface area (Å²) >= 11 is 5.62. The van der Waals surface area contributed by atoms with Crippen molar-refractivity contribution in [3.63, 3.8) is 0 Å². The van der Waals surface area contributed by atoms with E-state index < -0.39 is 175 Å². The summed E-state index contributed by atoms with van der Waals surface area (Å²) in [4.78, 5) is 174. The van der Waals surface area contributed by atoms with Crippen LogP contribution in [0.3, 0.4) is 0 Å². The summed E-state index contributed by atoms with van der Waals surface area (Å²) < 4.78 is 0. The lowest BCUT2D eigenvalue weighted by molar-refractivity contribution is -0.144. The smallest absolute Gasteiger partial charge is 0.326 e. The molecule has 0 aliphatic carbocycles. The zero-order valence-corrected chi connectivity index (χ0v) is 53.2. The lowest BCUT2D eigenvalue weighted by Gasteiger charge is -2.29. The first-order valence-corrected chi connectivity index (χ1v) is 30.9. The number of aliphatic hydroxyl groups excluding tert-OH is 1. The highest BCUT2D eigenvalue weighted by molar-refractivity contribution is 7.98. The highest BCUT2D eigenvalue weighted by Gasteiger charge is 2.36. The van der Waals surface area contributed by atoms with E-state index in [1.807, 2.05) is 6.26 Å². The third kappa shape index (κ3) is 30.9. The maximum absolute atomic E-state index is 13.8. The molecular weight excluding hydrogens is 1180 g/mol. The Morgan fingerprint density at radius 3 is 1.46 bits per heavy atom. The highest BCUT2D eigenvalue weighted by Crippen LogP contribution is 2.14. The van der Waals surface area contributed by atoms with Crippen LogP contribution in [0.1, 0.15) is 114 Å². The molecule has 0 radical (unpaired) electrons. The highest BCUT2D eigenvalue weighted by atomic mass is 32.2. The monoisotopic (exact) mass is 1280 g/mol. The summed E-state index contributed by atoms with van der Waals surface area (Å²) in [5, 5.41) is 49.3. The Morgan fingerprint density at radius 1 is 0.506 bits per heavy atom. The summed E-state index contributed by atoms with van der Waals surface area (Å²) in [5.41, 5.74) is 22.4. The number of thiol groups is 1. The Bertz CT molecular complexity index is 2340. The van der Waals surface area contributed by atoms with E-state index in [2.05, 4.69) is 81.4 Å². The van der Waals surface area contributed by atoms with Gasteiger partial charge in [0.2, 0.25) is 70.9 Å². The fourth-order valence-electron chi connectivity index (χ4n) is 7.72. The van der Waals surface area contributed by atoms with Gasteiger partial charge in [-0.1, -0.05) is 54.4 Å². The van der Waals surface area contributed by atoms with Gasteiger partial charge in [-0.25, -0.2) is 4.79 Å². The molecule has 0 aromatic rings. The second-order valence-corrected chi connectivity index (χ2v) is 22.6. The minimum atomic E-state index is -1.69. The van der Waals surface area contributed by atoms with E-state index in [1.165, 1.54) is 32.5 Å². The number of aliphatic carboxylic acids is 1. The molecular formula is C53H97N17O15S2. The number of aliphatic hydroxyl groups is 1. The van der Waals surface area contributed by atoms with Gasteiger partial charge in [0.05, 0.1) is 25.7 Å². The molecule has 12 amide bonds. The number of guanidine groups is 1. The quantitative estimate of drug-likeness (QED) is 0.0117. The lowest BCUT2D eigenvalue weighted by Crippen LogP contribution is -2.60. The lowest BCUT2D eigenvalue weighted by atomic mass is 9.95. The number of carbonyl (C=O) groups excluding carboxylic acids is 12. The molecule has 0 rings (SSSR count). The number of hydrogen-bond acceptors (Lipinski definition) is 19. The van der Waals surface area contributed by atoms with Crippen LogP contribution in [0.5, 0.6) is 0 Å². The molecule has 0 saturated carbocycles. The third-order valence-electron chi connectivity index (χ3n) is 13.8. The first kappa shape index (κ1) is 80.0. The van der Waals surface area contributed by atoms with Crippen molar-refractivity contribution in [2.45, 2.75) is 180 Å². The molecule has 0 aromatic carbocycles. The number of carboxylic acids is 1. The van der Waals surface area contributed by atoms with E-state index in [1.54, 1.807) is 41.5 Å². The molecule has 0 fully saturated rings. The zero-order valence-electron chi connectivity index (χ0n) is 51.5. The van der Waals surface area contributed by atoms with E-state index in [4.69, 9.17) is 22.9 Å². The number of hydrogen-bond donors (Lipinski definition) is 19. The van der Waals surface area contributed by atoms with Crippen molar-refractivity contribution in [2.24, 2.45) is 45.7 Å². The molecule has 0 spiro atoms. The normalized spacial score (nSPS) is 15.5. The second-order valence-electron chi connectivity index (χ2n) is 21.3. The first-order valence-electron chi connectivity index (χ1n) is 28.9. The average molecular weight is 1280 g/mol. The van der Waals surface area contributed by atoms with Gasteiger partial charge in [0.25, 0.3) is 0 Å². The summed E-state index contributed by atoms with van der Waals surface area (Å²) in [6.45, 7) is 12.1. The minimum absolute atomic E-state index is 0.0252. The maximum atomic E-state index is 13.8. The topological polar surface area (TPSA) is 523 Å². The van der Waals surface area contributed by atoms with E-state index >= 15 is 0 Å². The number of thioether (sulfide) groups is 1. The Morgan fingerprint density at radius 2 is 0.943 bits per heavy atom. The molecule has 34 heteroatoms. The number of unbranched alkanes of at least 4 members (excludes halogenated alkanes) is 1. The van der Waals surface area contributed by atoms with Crippen LogP contribution in [0.4, 0.5) is 0 Å². The van der Waals surface area contributed by atoms with Crippen LogP contribution in [0.15, 0.2) is 4.99 Å². The molecule has 0 unspecified atom stereocenters. The molecule has 0 aliphatic heterocycles. The van der Waals surface area contributed by atoms with Gasteiger partial charge in [-0.05, 0) is 95.6 Å². The van der Waals surface area contributed by atoms with Gasteiger partial charge in [0.1, 0.15) is 60.4 Å². The molecule has 32 nitrogen and oxygen atoms in total. The standard InChI is InChI=1S/C53H97N17O15S2/c1-11-27(5)40(51(83)70-41(52(84)85)28(6)12-2)69-47(79)33(17-15-20-58-53(56)57)65-48(80)35(24-71)68-44(76)30(8)61-37(72)22-59-42(74)29(7)62-43(75)31(9)63-46(78)32(16-13-14-19-54)66-49(81)36(25-86)64-38(73)23-60-45(77)34(18-21-87-10)67-50(82)39(55)26(3)4/h26-36,39-41,71,86H,11-25,54-55H2,1-10H3,(H,59,74)(H,60,77)(H,61,72)(H,62,75)(H,63,78)(H,64,73)(H,65,80)(H,66,81)(H,67,82)(H,68,76)(H,69,79)(H,70,83)(H,84,85)(H4,56,57,58)/t27-,28-,29-,30-,31-,32-,33-,34-,35-,36-,39-,40-,41-/m0/s1. The van der Waals surface area contributed by atoms with E-state index in [0.717, 1.165) is 0 Å². The summed E-state index contributed by atoms with van der Waals surface area (Å²) in [6.07, 6.45) is 3.78. The molecule has 13 atom stereocenters. The molecule has 87 heavy (non-hydrogen) atoms. The van der Waals surface area contributed by atoms with Crippen molar-refractivity contribution < 1.29 is 72.5 Å². The van der Waals surface area contributed by atoms with Crippen LogP contribution in [0.25, 0.3) is 0 Å². The fourth-order valence-corrected chi connectivity index (χ4v) is 8.45. The summed E-state index contributed by atoms with van der Waals surface area (Å²) in [5.74, 6) is -12.2. The predicted molar refractivity (Wildman–Crippen MR) is 328 cm³/mol. The van der Waals surface area contributed by atoms with Gasteiger partial charge in [0.15, 0.2) is 5.96 Å². The van der Waals surface area contributed by atoms with Crippen LogP contribution in [-0.4, -0.2) is 210 Å². The van der Waals surface area contributed by atoms with Crippen LogP contribution in [0.2, 0.25) is 0 Å². The molecule has 0 bridgehead atoms. The molecule has 22 N–H and O–H groups in total. The number of carboxylic acid groups (broad SMARTS) is 1. The average Bonchev–Trinajstić information content (AvgIpc) is 3.63. The van der Waals surface area contributed by atoms with Crippen molar-refractivity contribution in [1.29, 1.82) is 0 Å². The third-order valence-corrected chi connectivity index (χ3v) is 14.8. The Hall–Kier alpha value is -7.04. The van der Waals surface area contributed by atoms with Gasteiger partial charge < -0.3 is 96.9 Å². The van der Waals surface area contributed by atoms with Crippen LogP contribution < -0.4 is 86.7 Å². The van der Waals surface area contributed by atoms with E-state index in [9.17, 15) is 72.5 Å². The molecule has 0 aliphatic rings. The number of nitrogens with two attached hydrogens (primary N) is 4. The van der Waals surface area contributed by atoms with Crippen LogP contribution in [-0.2, 0) is 62.3 Å². The van der Waals surface area contributed by atoms with Crippen molar-refractivity contribution in [1.82, 2.24) is 63.8 Å². The Kier molecular flexibility index (Phi) is 39.3. The second kappa shape index (κ2) is 42.7. The number of nitrogens with zero attached hydrogens (tertiary/aromatic N) is 1. The van der Waals surface area contributed by atoms with Gasteiger partial charge in [0, 0.05) is 12.3 Å². The molecule has 496 valence electrons. The van der Waals surface area contributed by atoms with E-state index in [0.29, 0.717) is 31.4 Å². The van der Waals surface area contributed by atoms with Crippen LogP contribution >= 0.6 is 24.4 Å². The number of carbonyl (C=O) groups is 13. The number of nitrogens with one attached hydrogen (secondary N) is 12. The number of aliphatic imine (C=N–C) groups is 1. The van der Waals surface area contributed by atoms with Gasteiger partial charge >= 0.3 is 5.97 Å². The van der Waals surface area contributed by atoms with Crippen molar-refractivity contribution in [2.75, 3.05) is 50.5 Å². The van der Waals surface area contributed by atoms with E-state index in [-0.39, 0.29) is 56.4 Å². The van der Waals surface area contributed by atoms with Gasteiger partial charge in [-0.2, -0.15) is 24.4 Å². The van der Waals surface area contributed by atoms with Crippen molar-refractivity contribution in [3.8, 4) is 0 Å². The Balaban J connectivity index is 5.71. The molecule has 0 aromatic heterocycles. The zero-order chi connectivity index (χ0) is 66.7. The predicted octanol–water partition coefficient (Wildman–Crippen LogP) is -5.86. The van der Waals surface area contributed by atoms with Crippen molar-refractivity contribution in [3.05, 3.63) is 0 Å². The number of amides is 12. The Labute approximate surface area is 518 Å². The minimum Gasteiger partial charge on any atom is -0.480 e. The van der Waals surface area contributed by atoms with Gasteiger partial charge in [-0.3, -0.25) is 62.5 Å². The first-order chi connectivity index (χ1) is 40.8. The SMILES string of the molecule is CC[C@H](C)[C@H](NC(=O)[C@@H](NC(=O)[C@H](CCCN=C(N)N)NC(=O)[C@H](CO)NC(=O)[C@H](C)NC(=O)CNC(=O)[C@H](C)NC(=O)[C@H](C)NC(=O)[C@H](CCCCN)NC(=O)[C@H](CS)NC(=O)CNC(=O)[C@H](CCSC)NC(=O)[C@@H](N)C(C)C)[C@@H](C)CC)C(=O)O. The molecule has 0 heterocycles.